The highest BCUT2D eigenvalue weighted by atomic mass is 32.1. The van der Waals surface area contributed by atoms with Crippen LogP contribution >= 0.6 is 11.3 Å². The summed E-state index contributed by atoms with van der Waals surface area (Å²) in [6.07, 6.45) is 3.40. The van der Waals surface area contributed by atoms with Crippen LogP contribution in [0.25, 0.3) is 11.3 Å². The van der Waals surface area contributed by atoms with Gasteiger partial charge in [0.2, 0.25) is 5.91 Å². The van der Waals surface area contributed by atoms with Crippen molar-refractivity contribution in [3.05, 3.63) is 35.5 Å². The third kappa shape index (κ3) is 3.62. The van der Waals surface area contributed by atoms with Crippen LogP contribution in [0.5, 0.6) is 0 Å². The van der Waals surface area contributed by atoms with E-state index in [0.29, 0.717) is 5.13 Å². The molecule has 22 heavy (non-hydrogen) atoms. The molecule has 1 N–H and O–H groups in total. The molecular weight excluding hydrogens is 301 g/mol. The van der Waals surface area contributed by atoms with Gasteiger partial charge in [-0.15, -0.1) is 11.3 Å². The van der Waals surface area contributed by atoms with Gasteiger partial charge in [-0.05, 0) is 43.5 Å². The minimum Gasteiger partial charge on any atom is -0.352 e. The van der Waals surface area contributed by atoms with Gasteiger partial charge in [0.15, 0.2) is 5.13 Å². The Balaban J connectivity index is 1.57. The SMILES string of the molecule is O=C(CNc1nc(-c2ccc(F)cc2)cs1)N1CCCCC1. The number of halogens is 1. The van der Waals surface area contributed by atoms with Gasteiger partial charge in [-0.25, -0.2) is 9.37 Å². The van der Waals surface area contributed by atoms with Crippen LogP contribution in [0.2, 0.25) is 0 Å². The van der Waals surface area contributed by atoms with Crippen LogP contribution in [0.1, 0.15) is 19.3 Å². The number of amides is 1. The van der Waals surface area contributed by atoms with E-state index < -0.39 is 0 Å². The van der Waals surface area contributed by atoms with Gasteiger partial charge in [-0.1, -0.05) is 0 Å². The van der Waals surface area contributed by atoms with E-state index in [0.717, 1.165) is 37.2 Å². The lowest BCUT2D eigenvalue weighted by molar-refractivity contribution is -0.130. The zero-order chi connectivity index (χ0) is 15.4. The molecule has 0 saturated carbocycles. The predicted molar refractivity (Wildman–Crippen MR) is 86.4 cm³/mol. The topological polar surface area (TPSA) is 45.2 Å². The molecule has 1 saturated heterocycles. The summed E-state index contributed by atoms with van der Waals surface area (Å²) < 4.78 is 12.9. The maximum atomic E-state index is 12.9. The summed E-state index contributed by atoms with van der Waals surface area (Å²) in [7, 11) is 0. The average molecular weight is 319 g/mol. The van der Waals surface area contributed by atoms with Crippen LogP contribution in [0.4, 0.5) is 9.52 Å². The second-order valence-electron chi connectivity index (χ2n) is 5.34. The van der Waals surface area contributed by atoms with Crippen molar-refractivity contribution in [2.24, 2.45) is 0 Å². The van der Waals surface area contributed by atoms with Gasteiger partial charge in [0.1, 0.15) is 5.82 Å². The molecule has 2 heterocycles. The molecule has 0 atom stereocenters. The van der Waals surface area contributed by atoms with Crippen molar-refractivity contribution in [1.29, 1.82) is 0 Å². The van der Waals surface area contributed by atoms with Crippen LogP contribution in [-0.2, 0) is 4.79 Å². The van der Waals surface area contributed by atoms with Gasteiger partial charge in [-0.2, -0.15) is 0 Å². The molecule has 116 valence electrons. The van der Waals surface area contributed by atoms with Crippen molar-refractivity contribution < 1.29 is 9.18 Å². The number of aromatic nitrogens is 1. The largest absolute Gasteiger partial charge is 0.352 e. The monoisotopic (exact) mass is 319 g/mol. The zero-order valence-corrected chi connectivity index (χ0v) is 13.0. The fraction of sp³-hybridized carbons (Fsp3) is 0.375. The summed E-state index contributed by atoms with van der Waals surface area (Å²) >= 11 is 1.45. The molecule has 1 amide bonds. The summed E-state index contributed by atoms with van der Waals surface area (Å²) in [5.74, 6) is -0.136. The number of piperidine rings is 1. The first-order valence-corrected chi connectivity index (χ1v) is 8.33. The van der Waals surface area contributed by atoms with E-state index in [-0.39, 0.29) is 18.3 Å². The van der Waals surface area contributed by atoms with Crippen molar-refractivity contribution in [1.82, 2.24) is 9.88 Å². The highest BCUT2D eigenvalue weighted by Gasteiger charge is 2.16. The molecule has 0 aliphatic carbocycles. The molecule has 0 unspecified atom stereocenters. The van der Waals surface area contributed by atoms with E-state index in [1.54, 1.807) is 12.1 Å². The molecule has 1 aromatic carbocycles. The van der Waals surface area contributed by atoms with E-state index in [9.17, 15) is 9.18 Å². The van der Waals surface area contributed by atoms with Crippen LogP contribution in [-0.4, -0.2) is 35.4 Å². The highest BCUT2D eigenvalue weighted by Crippen LogP contribution is 2.24. The second kappa shape index (κ2) is 6.87. The minimum atomic E-state index is -0.260. The molecule has 1 aliphatic heterocycles. The van der Waals surface area contributed by atoms with Crippen molar-refractivity contribution in [3.63, 3.8) is 0 Å². The Labute approximate surface area is 133 Å². The molecule has 4 nitrogen and oxygen atoms in total. The van der Waals surface area contributed by atoms with Gasteiger partial charge in [0.25, 0.3) is 0 Å². The van der Waals surface area contributed by atoms with Crippen LogP contribution in [0.3, 0.4) is 0 Å². The number of benzene rings is 1. The number of thiazole rings is 1. The number of nitrogens with one attached hydrogen (secondary N) is 1. The first kappa shape index (κ1) is 15.0. The average Bonchev–Trinajstić information content (AvgIpc) is 3.03. The molecule has 1 aliphatic rings. The summed E-state index contributed by atoms with van der Waals surface area (Å²) in [4.78, 5) is 18.4. The molecule has 0 spiro atoms. The number of anilines is 1. The fourth-order valence-corrected chi connectivity index (χ4v) is 3.23. The molecule has 2 aromatic rings. The van der Waals surface area contributed by atoms with E-state index in [1.165, 1.54) is 29.9 Å². The predicted octanol–water partition coefficient (Wildman–Crippen LogP) is 3.37. The number of hydrogen-bond donors (Lipinski definition) is 1. The standard InChI is InChI=1S/C16H18FN3OS/c17-13-6-4-12(5-7-13)14-11-22-16(19-14)18-10-15(21)20-8-2-1-3-9-20/h4-7,11H,1-3,8-10H2,(H,18,19). The maximum absolute atomic E-state index is 12.9. The normalized spacial score (nSPS) is 14.9. The van der Waals surface area contributed by atoms with Gasteiger partial charge in [-0.3, -0.25) is 4.79 Å². The Morgan fingerprint density at radius 3 is 2.68 bits per heavy atom. The van der Waals surface area contributed by atoms with Crippen molar-refractivity contribution >= 4 is 22.4 Å². The number of carbonyl (C=O) groups is 1. The molecule has 6 heteroatoms. The summed E-state index contributed by atoms with van der Waals surface area (Å²) in [6.45, 7) is 1.99. The maximum Gasteiger partial charge on any atom is 0.241 e. The van der Waals surface area contributed by atoms with E-state index in [2.05, 4.69) is 10.3 Å². The molecule has 3 rings (SSSR count). The Kier molecular flexibility index (Phi) is 4.68. The molecule has 0 radical (unpaired) electrons. The second-order valence-corrected chi connectivity index (χ2v) is 6.20. The molecule has 0 bridgehead atoms. The number of hydrogen-bond acceptors (Lipinski definition) is 4. The third-order valence-electron chi connectivity index (χ3n) is 3.74. The lowest BCUT2D eigenvalue weighted by Crippen LogP contribution is -2.39. The van der Waals surface area contributed by atoms with E-state index in [1.807, 2.05) is 10.3 Å². The first-order valence-electron chi connectivity index (χ1n) is 7.45. The third-order valence-corrected chi connectivity index (χ3v) is 4.54. The summed E-state index contributed by atoms with van der Waals surface area (Å²) in [6, 6.07) is 6.24. The van der Waals surface area contributed by atoms with Crippen LogP contribution in [0, 0.1) is 5.82 Å². The lowest BCUT2D eigenvalue weighted by atomic mass is 10.1. The van der Waals surface area contributed by atoms with Gasteiger partial charge < -0.3 is 10.2 Å². The van der Waals surface area contributed by atoms with Gasteiger partial charge >= 0.3 is 0 Å². The molecular formula is C16H18FN3OS. The smallest absolute Gasteiger partial charge is 0.241 e. The molecule has 1 fully saturated rings. The van der Waals surface area contributed by atoms with Crippen molar-refractivity contribution in [2.75, 3.05) is 25.0 Å². The van der Waals surface area contributed by atoms with Crippen molar-refractivity contribution in [3.8, 4) is 11.3 Å². The molecule has 1 aromatic heterocycles. The van der Waals surface area contributed by atoms with E-state index in [4.69, 9.17) is 0 Å². The number of rotatable bonds is 4. The zero-order valence-electron chi connectivity index (χ0n) is 12.2. The van der Waals surface area contributed by atoms with Crippen LogP contribution < -0.4 is 5.32 Å². The first-order chi connectivity index (χ1) is 10.7. The number of likely N-dealkylation sites (tertiary alicyclic amines) is 1. The summed E-state index contributed by atoms with van der Waals surface area (Å²) in [5, 5.41) is 5.70. The van der Waals surface area contributed by atoms with Gasteiger partial charge in [0, 0.05) is 24.0 Å². The van der Waals surface area contributed by atoms with Crippen LogP contribution in [0.15, 0.2) is 29.6 Å². The lowest BCUT2D eigenvalue weighted by Gasteiger charge is -2.26. The summed E-state index contributed by atoms with van der Waals surface area (Å²) in [5.41, 5.74) is 1.66. The Hall–Kier alpha value is -1.95. The van der Waals surface area contributed by atoms with Gasteiger partial charge in [0.05, 0.1) is 12.2 Å². The Morgan fingerprint density at radius 1 is 1.23 bits per heavy atom. The Bertz CT molecular complexity index is 635. The number of carbonyl (C=O) groups excluding carboxylic acids is 1. The highest BCUT2D eigenvalue weighted by molar-refractivity contribution is 7.14. The number of nitrogens with zero attached hydrogens (tertiary/aromatic N) is 2. The fourth-order valence-electron chi connectivity index (χ4n) is 2.51. The van der Waals surface area contributed by atoms with Crippen molar-refractivity contribution in [2.45, 2.75) is 19.3 Å². The van der Waals surface area contributed by atoms with E-state index >= 15 is 0 Å². The Morgan fingerprint density at radius 2 is 1.95 bits per heavy atom. The minimum absolute atomic E-state index is 0.123. The quantitative estimate of drug-likeness (QED) is 0.940.